The van der Waals surface area contributed by atoms with Gasteiger partial charge in [-0.25, -0.2) is 0 Å². The molecule has 1 heterocycles. The van der Waals surface area contributed by atoms with Crippen LogP contribution >= 0.6 is 0 Å². The molecule has 0 saturated heterocycles. The van der Waals surface area contributed by atoms with Gasteiger partial charge < -0.3 is 15.4 Å². The Kier molecular flexibility index (Phi) is 3.71. The molecule has 16 heavy (non-hydrogen) atoms. The third-order valence-electron chi connectivity index (χ3n) is 2.44. The van der Waals surface area contributed by atoms with E-state index in [1.807, 2.05) is 12.1 Å². The molecular formula is C11H16N2O3. The molecule has 1 rings (SSSR count). The third kappa shape index (κ3) is 2.85. The summed E-state index contributed by atoms with van der Waals surface area (Å²) >= 11 is 0. The number of carboxylic acid groups (broad SMARTS) is 1. The molecule has 0 atom stereocenters. The first-order chi connectivity index (χ1) is 7.44. The molecule has 0 spiro atoms. The number of aliphatic carboxylic acids is 1. The summed E-state index contributed by atoms with van der Waals surface area (Å²) in [6.45, 7) is 3.20. The van der Waals surface area contributed by atoms with Crippen LogP contribution in [0.1, 0.15) is 19.5 Å². The number of aromatic amines is 1. The lowest BCUT2D eigenvalue weighted by atomic mass is 9.93. The van der Waals surface area contributed by atoms with Crippen LogP contribution in [0, 0.1) is 5.41 Å². The first-order valence-electron chi connectivity index (χ1n) is 5.08. The summed E-state index contributed by atoms with van der Waals surface area (Å²) in [5.74, 6) is -1.59. The molecule has 0 bridgehead atoms. The molecule has 0 aliphatic carbocycles. The van der Waals surface area contributed by atoms with Crippen molar-refractivity contribution in [2.24, 2.45) is 5.41 Å². The quantitative estimate of drug-likeness (QED) is 0.646. The van der Waals surface area contributed by atoms with Gasteiger partial charge in [-0.05, 0) is 26.0 Å². The van der Waals surface area contributed by atoms with Gasteiger partial charge in [-0.1, -0.05) is 0 Å². The number of H-pyrrole nitrogens is 1. The monoisotopic (exact) mass is 224 g/mol. The Morgan fingerprint density at radius 2 is 2.19 bits per heavy atom. The lowest BCUT2D eigenvalue weighted by molar-refractivity contribution is -0.153. The predicted molar refractivity (Wildman–Crippen MR) is 58.9 cm³/mol. The van der Waals surface area contributed by atoms with Crippen LogP contribution in [-0.4, -0.2) is 28.5 Å². The zero-order chi connectivity index (χ0) is 12.2. The first-order valence-corrected chi connectivity index (χ1v) is 5.08. The Balaban J connectivity index is 2.39. The van der Waals surface area contributed by atoms with Crippen molar-refractivity contribution in [2.45, 2.75) is 20.3 Å². The maximum absolute atomic E-state index is 11.5. The van der Waals surface area contributed by atoms with Crippen molar-refractivity contribution in [1.82, 2.24) is 10.3 Å². The van der Waals surface area contributed by atoms with Crippen LogP contribution in [0.15, 0.2) is 18.3 Å². The number of carbonyl (C=O) groups excluding carboxylic acids is 1. The summed E-state index contributed by atoms with van der Waals surface area (Å²) in [4.78, 5) is 25.3. The van der Waals surface area contributed by atoms with E-state index < -0.39 is 17.3 Å². The number of carboxylic acids is 1. The highest BCUT2D eigenvalue weighted by Gasteiger charge is 2.35. The maximum Gasteiger partial charge on any atom is 0.318 e. The largest absolute Gasteiger partial charge is 0.480 e. The minimum atomic E-state index is -1.38. The number of rotatable bonds is 5. The fourth-order valence-corrected chi connectivity index (χ4v) is 1.15. The van der Waals surface area contributed by atoms with Gasteiger partial charge in [0.05, 0.1) is 0 Å². The Hall–Kier alpha value is -1.78. The van der Waals surface area contributed by atoms with Gasteiger partial charge in [-0.15, -0.1) is 0 Å². The highest BCUT2D eigenvalue weighted by molar-refractivity contribution is 6.00. The van der Waals surface area contributed by atoms with Crippen molar-refractivity contribution >= 4 is 11.9 Å². The van der Waals surface area contributed by atoms with Crippen molar-refractivity contribution in [3.8, 4) is 0 Å². The Morgan fingerprint density at radius 3 is 2.69 bits per heavy atom. The van der Waals surface area contributed by atoms with Gasteiger partial charge in [0.2, 0.25) is 5.91 Å². The summed E-state index contributed by atoms with van der Waals surface area (Å²) in [6.07, 6.45) is 2.47. The lowest BCUT2D eigenvalue weighted by Crippen LogP contribution is -2.43. The fraction of sp³-hybridized carbons (Fsp3) is 0.455. The van der Waals surface area contributed by atoms with E-state index in [0.717, 1.165) is 5.69 Å². The molecule has 5 nitrogen and oxygen atoms in total. The Bertz CT molecular complexity index is 369. The van der Waals surface area contributed by atoms with E-state index in [1.54, 1.807) is 6.20 Å². The molecule has 1 amide bonds. The van der Waals surface area contributed by atoms with Crippen molar-refractivity contribution < 1.29 is 14.7 Å². The summed E-state index contributed by atoms with van der Waals surface area (Å²) in [5, 5.41) is 11.4. The number of hydrogen-bond donors (Lipinski definition) is 3. The summed E-state index contributed by atoms with van der Waals surface area (Å²) in [5.41, 5.74) is -0.371. The standard InChI is InChI=1S/C11H16N2O3/c1-11(2,10(15)16)9(14)13-7-5-8-4-3-6-12-8/h3-4,6,12H,5,7H2,1-2H3,(H,13,14)(H,15,16). The summed E-state index contributed by atoms with van der Waals surface area (Å²) < 4.78 is 0. The van der Waals surface area contributed by atoms with Crippen molar-refractivity contribution in [3.05, 3.63) is 24.0 Å². The lowest BCUT2D eigenvalue weighted by Gasteiger charge is -2.18. The summed E-state index contributed by atoms with van der Waals surface area (Å²) in [7, 11) is 0. The van der Waals surface area contributed by atoms with Gasteiger partial charge in [0.25, 0.3) is 0 Å². The normalized spacial score (nSPS) is 11.1. The van der Waals surface area contributed by atoms with E-state index in [4.69, 9.17) is 5.11 Å². The SMILES string of the molecule is CC(C)(C(=O)O)C(=O)NCCc1ccc[nH]1. The molecule has 0 aromatic carbocycles. The van der Waals surface area contributed by atoms with Gasteiger partial charge in [-0.3, -0.25) is 9.59 Å². The zero-order valence-corrected chi connectivity index (χ0v) is 9.41. The average Bonchev–Trinajstić information content (AvgIpc) is 2.70. The first kappa shape index (κ1) is 12.3. The predicted octanol–water partition coefficient (Wildman–Crippen LogP) is 0.784. The molecule has 3 N–H and O–H groups in total. The topological polar surface area (TPSA) is 82.2 Å². The molecule has 0 aliphatic rings. The number of amides is 1. The maximum atomic E-state index is 11.5. The second-order valence-corrected chi connectivity index (χ2v) is 4.13. The van der Waals surface area contributed by atoms with E-state index >= 15 is 0 Å². The van der Waals surface area contributed by atoms with E-state index in [2.05, 4.69) is 10.3 Å². The molecule has 0 aliphatic heterocycles. The minimum Gasteiger partial charge on any atom is -0.480 e. The zero-order valence-electron chi connectivity index (χ0n) is 9.41. The molecule has 5 heteroatoms. The highest BCUT2D eigenvalue weighted by atomic mass is 16.4. The van der Waals surface area contributed by atoms with Crippen molar-refractivity contribution in [1.29, 1.82) is 0 Å². The smallest absolute Gasteiger partial charge is 0.318 e. The molecule has 0 fully saturated rings. The average molecular weight is 224 g/mol. The highest BCUT2D eigenvalue weighted by Crippen LogP contribution is 2.14. The van der Waals surface area contributed by atoms with Crippen molar-refractivity contribution in [3.63, 3.8) is 0 Å². The van der Waals surface area contributed by atoms with Crippen LogP contribution in [0.2, 0.25) is 0 Å². The van der Waals surface area contributed by atoms with Crippen LogP contribution in [-0.2, 0) is 16.0 Å². The Morgan fingerprint density at radius 1 is 1.50 bits per heavy atom. The van der Waals surface area contributed by atoms with Gasteiger partial charge in [-0.2, -0.15) is 0 Å². The number of hydrogen-bond acceptors (Lipinski definition) is 2. The van der Waals surface area contributed by atoms with Crippen LogP contribution < -0.4 is 5.32 Å². The van der Waals surface area contributed by atoms with E-state index in [9.17, 15) is 9.59 Å². The van der Waals surface area contributed by atoms with Gasteiger partial charge in [0, 0.05) is 24.9 Å². The summed E-state index contributed by atoms with van der Waals surface area (Å²) in [6, 6.07) is 3.78. The van der Waals surface area contributed by atoms with Crippen molar-refractivity contribution in [2.75, 3.05) is 6.54 Å². The van der Waals surface area contributed by atoms with E-state index in [-0.39, 0.29) is 0 Å². The van der Waals surface area contributed by atoms with E-state index in [0.29, 0.717) is 13.0 Å². The Labute approximate surface area is 93.9 Å². The van der Waals surface area contributed by atoms with E-state index in [1.165, 1.54) is 13.8 Å². The number of nitrogens with one attached hydrogen (secondary N) is 2. The van der Waals surface area contributed by atoms with Crippen LogP contribution in [0.3, 0.4) is 0 Å². The molecular weight excluding hydrogens is 208 g/mol. The van der Waals surface area contributed by atoms with Crippen LogP contribution in [0.4, 0.5) is 0 Å². The second-order valence-electron chi connectivity index (χ2n) is 4.13. The number of carbonyl (C=O) groups is 2. The fourth-order valence-electron chi connectivity index (χ4n) is 1.15. The van der Waals surface area contributed by atoms with Crippen LogP contribution in [0.5, 0.6) is 0 Å². The molecule has 0 unspecified atom stereocenters. The number of aromatic nitrogens is 1. The van der Waals surface area contributed by atoms with Gasteiger partial charge in [0.1, 0.15) is 5.41 Å². The van der Waals surface area contributed by atoms with Gasteiger partial charge >= 0.3 is 5.97 Å². The molecule has 1 aromatic rings. The molecule has 0 saturated carbocycles. The van der Waals surface area contributed by atoms with Gasteiger partial charge in [0.15, 0.2) is 0 Å². The van der Waals surface area contributed by atoms with Crippen LogP contribution in [0.25, 0.3) is 0 Å². The second kappa shape index (κ2) is 4.83. The third-order valence-corrected chi connectivity index (χ3v) is 2.44. The molecule has 1 aromatic heterocycles. The molecule has 88 valence electrons. The minimum absolute atomic E-state index is 0.427. The molecule has 0 radical (unpaired) electrons.